The van der Waals surface area contributed by atoms with Gasteiger partial charge in [-0.2, -0.15) is 0 Å². The Balaban J connectivity index is 2.41. The summed E-state index contributed by atoms with van der Waals surface area (Å²) in [6.07, 6.45) is 0. The lowest BCUT2D eigenvalue weighted by Crippen LogP contribution is -1.96. The van der Waals surface area contributed by atoms with Crippen molar-refractivity contribution in [2.75, 3.05) is 5.73 Å². The van der Waals surface area contributed by atoms with Gasteiger partial charge in [-0.15, -0.1) is 0 Å². The van der Waals surface area contributed by atoms with E-state index in [1.807, 2.05) is 0 Å². The predicted octanol–water partition coefficient (Wildman–Crippen LogP) is 4.37. The van der Waals surface area contributed by atoms with Gasteiger partial charge in [-0.3, -0.25) is 0 Å². The summed E-state index contributed by atoms with van der Waals surface area (Å²) in [5, 5.41) is 0. The van der Waals surface area contributed by atoms with Crippen LogP contribution in [0.1, 0.15) is 30.9 Å². The third kappa shape index (κ3) is 2.50. The van der Waals surface area contributed by atoms with E-state index in [0.717, 1.165) is 5.69 Å². The SMILES string of the molecule is Cc1ccc(-c2ccc(C(C)C)c(N)c2)cc1. The van der Waals surface area contributed by atoms with Crippen LogP contribution in [0.2, 0.25) is 0 Å². The van der Waals surface area contributed by atoms with Crippen molar-refractivity contribution in [2.24, 2.45) is 0 Å². The van der Waals surface area contributed by atoms with Crippen LogP contribution >= 0.6 is 0 Å². The second-order valence-corrected chi connectivity index (χ2v) is 4.86. The zero-order valence-corrected chi connectivity index (χ0v) is 10.7. The van der Waals surface area contributed by atoms with E-state index in [1.54, 1.807) is 0 Å². The number of hydrogen-bond acceptors (Lipinski definition) is 1. The summed E-state index contributed by atoms with van der Waals surface area (Å²) in [5.41, 5.74) is 11.9. The zero-order chi connectivity index (χ0) is 12.4. The summed E-state index contributed by atoms with van der Waals surface area (Å²) in [7, 11) is 0. The van der Waals surface area contributed by atoms with E-state index in [2.05, 4.69) is 63.2 Å². The molecule has 88 valence electrons. The molecule has 0 aliphatic rings. The van der Waals surface area contributed by atoms with Crippen molar-refractivity contribution in [3.05, 3.63) is 53.6 Å². The zero-order valence-electron chi connectivity index (χ0n) is 10.7. The van der Waals surface area contributed by atoms with Gasteiger partial charge in [0.1, 0.15) is 0 Å². The highest BCUT2D eigenvalue weighted by Gasteiger charge is 2.05. The third-order valence-electron chi connectivity index (χ3n) is 3.09. The molecule has 0 heterocycles. The molecule has 0 spiro atoms. The topological polar surface area (TPSA) is 26.0 Å². The normalized spacial score (nSPS) is 10.8. The smallest absolute Gasteiger partial charge is 0.0355 e. The van der Waals surface area contributed by atoms with Crippen molar-refractivity contribution in [1.82, 2.24) is 0 Å². The molecule has 0 aliphatic heterocycles. The first-order chi connectivity index (χ1) is 8.08. The van der Waals surface area contributed by atoms with Crippen molar-refractivity contribution in [3.8, 4) is 11.1 Å². The molecule has 2 rings (SSSR count). The average Bonchev–Trinajstić information content (AvgIpc) is 2.29. The summed E-state index contributed by atoms with van der Waals surface area (Å²) in [6, 6.07) is 14.9. The predicted molar refractivity (Wildman–Crippen MR) is 75.1 cm³/mol. The van der Waals surface area contributed by atoms with Crippen LogP contribution in [0.4, 0.5) is 5.69 Å². The van der Waals surface area contributed by atoms with E-state index >= 15 is 0 Å². The summed E-state index contributed by atoms with van der Waals surface area (Å²) in [6.45, 7) is 6.43. The maximum Gasteiger partial charge on any atom is 0.0355 e. The summed E-state index contributed by atoms with van der Waals surface area (Å²) in [4.78, 5) is 0. The summed E-state index contributed by atoms with van der Waals surface area (Å²) < 4.78 is 0. The number of rotatable bonds is 2. The molecule has 0 bridgehead atoms. The summed E-state index contributed by atoms with van der Waals surface area (Å²) in [5.74, 6) is 0.474. The van der Waals surface area contributed by atoms with Crippen molar-refractivity contribution >= 4 is 5.69 Å². The molecule has 0 radical (unpaired) electrons. The summed E-state index contributed by atoms with van der Waals surface area (Å²) >= 11 is 0. The van der Waals surface area contributed by atoms with Gasteiger partial charge in [0.2, 0.25) is 0 Å². The first-order valence-electron chi connectivity index (χ1n) is 6.04. The van der Waals surface area contributed by atoms with Crippen LogP contribution < -0.4 is 5.73 Å². The number of nitrogens with two attached hydrogens (primary N) is 1. The maximum atomic E-state index is 6.09. The Hall–Kier alpha value is -1.76. The Morgan fingerprint density at radius 3 is 2.00 bits per heavy atom. The molecule has 0 unspecified atom stereocenters. The van der Waals surface area contributed by atoms with E-state index < -0.39 is 0 Å². The molecule has 0 atom stereocenters. The van der Waals surface area contributed by atoms with Crippen molar-refractivity contribution in [2.45, 2.75) is 26.7 Å². The van der Waals surface area contributed by atoms with Gasteiger partial charge in [0, 0.05) is 5.69 Å². The molecule has 0 aliphatic carbocycles. The van der Waals surface area contributed by atoms with Crippen LogP contribution in [0.3, 0.4) is 0 Å². The second-order valence-electron chi connectivity index (χ2n) is 4.86. The van der Waals surface area contributed by atoms with Crippen molar-refractivity contribution in [1.29, 1.82) is 0 Å². The number of nitrogen functional groups attached to an aromatic ring is 1. The van der Waals surface area contributed by atoms with Gasteiger partial charge in [0.15, 0.2) is 0 Å². The molecule has 2 aromatic carbocycles. The van der Waals surface area contributed by atoms with E-state index in [0.29, 0.717) is 5.92 Å². The Bertz CT molecular complexity index is 510. The molecule has 2 N–H and O–H groups in total. The molecule has 17 heavy (non-hydrogen) atoms. The molecule has 1 heteroatoms. The van der Waals surface area contributed by atoms with Crippen LogP contribution in [0.25, 0.3) is 11.1 Å². The quantitative estimate of drug-likeness (QED) is 0.755. The Morgan fingerprint density at radius 2 is 1.47 bits per heavy atom. The van der Waals surface area contributed by atoms with Gasteiger partial charge >= 0.3 is 0 Å². The minimum absolute atomic E-state index is 0.474. The highest BCUT2D eigenvalue weighted by molar-refractivity contribution is 5.69. The first-order valence-corrected chi connectivity index (χ1v) is 6.04. The number of aryl methyl sites for hydroxylation is 1. The highest BCUT2D eigenvalue weighted by Crippen LogP contribution is 2.28. The van der Waals surface area contributed by atoms with Gasteiger partial charge in [0.25, 0.3) is 0 Å². The number of hydrogen-bond donors (Lipinski definition) is 1. The minimum Gasteiger partial charge on any atom is -0.398 e. The van der Waals surface area contributed by atoms with E-state index in [1.165, 1.54) is 22.3 Å². The lowest BCUT2D eigenvalue weighted by Gasteiger charge is -2.11. The molecular formula is C16H19N. The van der Waals surface area contributed by atoms with Crippen molar-refractivity contribution < 1.29 is 0 Å². The molecule has 0 saturated heterocycles. The molecule has 0 fully saturated rings. The van der Waals surface area contributed by atoms with Crippen LogP contribution in [0.5, 0.6) is 0 Å². The average molecular weight is 225 g/mol. The molecule has 0 saturated carbocycles. The minimum atomic E-state index is 0.474. The molecule has 2 aromatic rings. The van der Waals surface area contributed by atoms with Gasteiger partial charge in [-0.25, -0.2) is 0 Å². The fourth-order valence-corrected chi connectivity index (χ4v) is 2.03. The van der Waals surface area contributed by atoms with Gasteiger partial charge < -0.3 is 5.73 Å². The monoisotopic (exact) mass is 225 g/mol. The van der Waals surface area contributed by atoms with Crippen LogP contribution in [-0.2, 0) is 0 Å². The maximum absolute atomic E-state index is 6.09. The van der Waals surface area contributed by atoms with Crippen LogP contribution in [0.15, 0.2) is 42.5 Å². The molecule has 0 aromatic heterocycles. The Morgan fingerprint density at radius 1 is 0.882 bits per heavy atom. The van der Waals surface area contributed by atoms with Crippen LogP contribution in [0, 0.1) is 6.92 Å². The molecular weight excluding hydrogens is 206 g/mol. The Labute approximate surface area is 103 Å². The second kappa shape index (κ2) is 4.62. The van der Waals surface area contributed by atoms with E-state index in [-0.39, 0.29) is 0 Å². The van der Waals surface area contributed by atoms with E-state index in [4.69, 9.17) is 5.73 Å². The fourth-order valence-electron chi connectivity index (χ4n) is 2.03. The third-order valence-corrected chi connectivity index (χ3v) is 3.09. The van der Waals surface area contributed by atoms with Gasteiger partial charge in [-0.1, -0.05) is 55.8 Å². The lowest BCUT2D eigenvalue weighted by molar-refractivity contribution is 0.870. The standard InChI is InChI=1S/C16H19N/c1-11(2)15-9-8-14(10-16(15)17)13-6-4-12(3)5-7-13/h4-11H,17H2,1-3H3. The molecule has 0 amide bonds. The van der Waals surface area contributed by atoms with Crippen molar-refractivity contribution in [3.63, 3.8) is 0 Å². The van der Waals surface area contributed by atoms with Crippen LogP contribution in [-0.4, -0.2) is 0 Å². The Kier molecular flexibility index (Phi) is 3.19. The lowest BCUT2D eigenvalue weighted by atomic mass is 9.96. The number of benzene rings is 2. The number of anilines is 1. The highest BCUT2D eigenvalue weighted by atomic mass is 14.6. The van der Waals surface area contributed by atoms with E-state index in [9.17, 15) is 0 Å². The fraction of sp³-hybridized carbons (Fsp3) is 0.250. The molecule has 1 nitrogen and oxygen atoms in total. The van der Waals surface area contributed by atoms with Gasteiger partial charge in [-0.05, 0) is 35.6 Å². The van der Waals surface area contributed by atoms with Gasteiger partial charge in [0.05, 0.1) is 0 Å². The largest absolute Gasteiger partial charge is 0.398 e. The first kappa shape index (κ1) is 11.7.